The molecule has 0 spiro atoms. The lowest BCUT2D eigenvalue weighted by molar-refractivity contribution is -0.366. The number of halogens is 4. The van der Waals surface area contributed by atoms with Crippen LogP contribution >= 0.6 is 11.6 Å². The average Bonchev–Trinajstić information content (AvgIpc) is 2.39. The van der Waals surface area contributed by atoms with Gasteiger partial charge in [-0.3, -0.25) is 10.1 Å². The number of rotatable bonds is 2. The predicted octanol–water partition coefficient (Wildman–Crippen LogP) is 0.581. The molecule has 0 radical (unpaired) electrons. The Kier molecular flexibility index (Phi) is 4.36. The minimum Gasteiger partial charge on any atom is -0.322 e. The number of anilines is 1. The lowest BCUT2D eigenvalue weighted by Gasteiger charge is -2.03. The highest BCUT2D eigenvalue weighted by molar-refractivity contribution is 6.30. The second-order valence-electron chi connectivity index (χ2n) is 4.15. The van der Waals surface area contributed by atoms with Crippen LogP contribution in [0.25, 0.3) is 0 Å². The molecular weight excluding hydrogens is 323 g/mol. The molecule has 2 aromatic rings. The van der Waals surface area contributed by atoms with Gasteiger partial charge in [0.25, 0.3) is 11.5 Å². The van der Waals surface area contributed by atoms with Crippen LogP contribution in [0, 0.1) is 0 Å². The standard InChI is InChI=1S/C12H9ClF3N5O/c13-6-1-3-7(4-2-6)18-10(17)21-11-19-8(12(14,15)16)5-9(22)20-11/h1-5H,(H4,17,18,19,20,21,22)/p+1. The van der Waals surface area contributed by atoms with Crippen LogP contribution < -0.4 is 21.6 Å². The molecule has 0 atom stereocenters. The molecule has 5 N–H and O–H groups in total. The van der Waals surface area contributed by atoms with Gasteiger partial charge >= 0.3 is 12.1 Å². The Labute approximate surface area is 126 Å². The molecule has 1 aromatic carbocycles. The molecule has 0 bridgehead atoms. The zero-order valence-electron chi connectivity index (χ0n) is 10.8. The Hall–Kier alpha value is -2.55. The minimum absolute atomic E-state index is 0.121. The SMILES string of the molecule is NC(Nc1ccc(Cl)cc1)=[NH+]c1nc(C(F)(F)F)cc(=O)[nH]1. The average molecular weight is 333 g/mol. The molecule has 0 aliphatic rings. The number of aromatic nitrogens is 2. The van der Waals surface area contributed by atoms with Crippen molar-refractivity contribution in [2.75, 3.05) is 5.32 Å². The van der Waals surface area contributed by atoms with Crippen molar-refractivity contribution in [2.45, 2.75) is 6.18 Å². The van der Waals surface area contributed by atoms with Gasteiger partial charge in [0.2, 0.25) is 0 Å². The third-order valence-corrected chi connectivity index (χ3v) is 2.66. The van der Waals surface area contributed by atoms with Crippen molar-refractivity contribution in [1.82, 2.24) is 9.97 Å². The molecule has 1 aromatic heterocycles. The third kappa shape index (κ3) is 4.22. The highest BCUT2D eigenvalue weighted by atomic mass is 35.5. The van der Waals surface area contributed by atoms with Gasteiger partial charge in [-0.15, -0.1) is 4.98 Å². The lowest BCUT2D eigenvalue weighted by Crippen LogP contribution is -2.73. The van der Waals surface area contributed by atoms with Crippen LogP contribution in [0.15, 0.2) is 35.1 Å². The number of nitrogens with zero attached hydrogens (tertiary/aromatic N) is 1. The van der Waals surface area contributed by atoms with E-state index in [0.29, 0.717) is 16.8 Å². The van der Waals surface area contributed by atoms with Crippen molar-refractivity contribution in [1.29, 1.82) is 0 Å². The summed E-state index contributed by atoms with van der Waals surface area (Å²) in [6.45, 7) is 0. The zero-order valence-corrected chi connectivity index (χ0v) is 11.6. The van der Waals surface area contributed by atoms with E-state index in [1.807, 2.05) is 0 Å². The number of hydrogen-bond acceptors (Lipinski definition) is 2. The first-order chi connectivity index (χ1) is 10.2. The first-order valence-electron chi connectivity index (χ1n) is 5.84. The molecule has 0 saturated carbocycles. The van der Waals surface area contributed by atoms with Gasteiger partial charge in [0, 0.05) is 5.02 Å². The Bertz CT molecular complexity index is 755. The van der Waals surface area contributed by atoms with E-state index in [1.54, 1.807) is 24.3 Å². The van der Waals surface area contributed by atoms with E-state index in [4.69, 9.17) is 17.3 Å². The molecule has 0 fully saturated rings. The van der Waals surface area contributed by atoms with Gasteiger partial charge in [-0.05, 0) is 24.3 Å². The van der Waals surface area contributed by atoms with Crippen LogP contribution in [0.4, 0.5) is 24.8 Å². The largest absolute Gasteiger partial charge is 0.443 e. The smallest absolute Gasteiger partial charge is 0.322 e. The topological polar surface area (TPSA) is 97.8 Å². The number of alkyl halides is 3. The Morgan fingerprint density at radius 1 is 1.32 bits per heavy atom. The normalized spacial score (nSPS) is 12.3. The van der Waals surface area contributed by atoms with Crippen molar-refractivity contribution in [3.63, 3.8) is 0 Å². The van der Waals surface area contributed by atoms with Crippen LogP contribution in [0.3, 0.4) is 0 Å². The summed E-state index contributed by atoms with van der Waals surface area (Å²) in [5.74, 6) is -0.552. The van der Waals surface area contributed by atoms with E-state index in [0.717, 1.165) is 0 Å². The maximum atomic E-state index is 12.6. The molecule has 2 rings (SSSR count). The lowest BCUT2D eigenvalue weighted by atomic mass is 10.3. The summed E-state index contributed by atoms with van der Waals surface area (Å²) in [4.78, 5) is 18.9. The number of benzene rings is 1. The fraction of sp³-hybridized carbons (Fsp3) is 0.0833. The molecule has 1 heterocycles. The van der Waals surface area contributed by atoms with Gasteiger partial charge in [-0.1, -0.05) is 11.6 Å². The van der Waals surface area contributed by atoms with Crippen molar-refractivity contribution in [2.24, 2.45) is 5.73 Å². The monoisotopic (exact) mass is 332 g/mol. The maximum Gasteiger partial charge on any atom is 0.443 e. The van der Waals surface area contributed by atoms with Gasteiger partial charge in [0.05, 0.1) is 11.8 Å². The number of aromatic amines is 1. The quantitative estimate of drug-likeness (QED) is 0.478. The van der Waals surface area contributed by atoms with Crippen molar-refractivity contribution in [3.8, 4) is 0 Å². The fourth-order valence-electron chi connectivity index (χ4n) is 1.51. The summed E-state index contributed by atoms with van der Waals surface area (Å²) in [6, 6.07) is 6.77. The molecule has 0 aliphatic carbocycles. The number of hydrogen-bond donors (Lipinski definition) is 4. The maximum absolute atomic E-state index is 12.6. The summed E-state index contributed by atoms with van der Waals surface area (Å²) in [5, 5.41) is 3.19. The first kappa shape index (κ1) is 15.8. The molecule has 0 amide bonds. The second kappa shape index (κ2) is 6.06. The Balaban J connectivity index is 2.26. The van der Waals surface area contributed by atoms with Crippen LogP contribution in [-0.4, -0.2) is 15.9 Å². The molecule has 22 heavy (non-hydrogen) atoms. The third-order valence-electron chi connectivity index (χ3n) is 2.41. The van der Waals surface area contributed by atoms with Crippen LogP contribution in [0.5, 0.6) is 0 Å². The van der Waals surface area contributed by atoms with E-state index in [1.165, 1.54) is 0 Å². The Morgan fingerprint density at radius 2 is 1.95 bits per heavy atom. The van der Waals surface area contributed by atoms with Crippen LogP contribution in [-0.2, 0) is 6.18 Å². The van der Waals surface area contributed by atoms with Gasteiger partial charge in [-0.2, -0.15) is 13.2 Å². The summed E-state index contributed by atoms with van der Waals surface area (Å²) in [5.41, 5.74) is 3.87. The molecule has 0 aliphatic heterocycles. The molecular formula is C12H10ClF3N5O+. The fourth-order valence-corrected chi connectivity index (χ4v) is 1.64. The minimum atomic E-state index is -4.73. The van der Waals surface area contributed by atoms with E-state index < -0.39 is 23.4 Å². The molecule has 10 heteroatoms. The summed E-state index contributed by atoms with van der Waals surface area (Å²) in [7, 11) is 0. The Morgan fingerprint density at radius 3 is 2.55 bits per heavy atom. The van der Waals surface area contributed by atoms with E-state index >= 15 is 0 Å². The summed E-state index contributed by atoms with van der Waals surface area (Å²) in [6.07, 6.45) is -4.73. The van der Waals surface area contributed by atoms with Crippen molar-refractivity contribution in [3.05, 3.63) is 51.4 Å². The molecule has 0 saturated heterocycles. The first-order valence-corrected chi connectivity index (χ1v) is 6.22. The second-order valence-corrected chi connectivity index (χ2v) is 4.58. The van der Waals surface area contributed by atoms with Crippen molar-refractivity contribution >= 4 is 29.2 Å². The van der Waals surface area contributed by atoms with E-state index in [2.05, 4.69) is 20.3 Å². The van der Waals surface area contributed by atoms with Crippen LogP contribution in [0.2, 0.25) is 5.02 Å². The number of nitrogens with two attached hydrogens (primary N) is 1. The van der Waals surface area contributed by atoms with E-state index in [9.17, 15) is 18.0 Å². The van der Waals surface area contributed by atoms with Crippen LogP contribution in [0.1, 0.15) is 5.69 Å². The van der Waals surface area contributed by atoms with Gasteiger partial charge < -0.3 is 5.73 Å². The van der Waals surface area contributed by atoms with Crippen molar-refractivity contribution < 1.29 is 18.2 Å². The van der Waals surface area contributed by atoms with E-state index in [-0.39, 0.29) is 5.96 Å². The molecule has 116 valence electrons. The van der Waals surface area contributed by atoms with Gasteiger partial charge in [0.1, 0.15) is 0 Å². The van der Waals surface area contributed by atoms with Gasteiger partial charge in [-0.25, -0.2) is 9.98 Å². The number of guanidine groups is 1. The van der Waals surface area contributed by atoms with Gasteiger partial charge in [0.15, 0.2) is 5.69 Å². The highest BCUT2D eigenvalue weighted by Gasteiger charge is 2.35. The highest BCUT2D eigenvalue weighted by Crippen LogP contribution is 2.26. The predicted molar refractivity (Wildman–Crippen MR) is 74.8 cm³/mol. The molecule has 6 nitrogen and oxygen atoms in total. The summed E-state index contributed by atoms with van der Waals surface area (Å²) >= 11 is 5.72. The number of nitrogens with one attached hydrogen (secondary N) is 3. The summed E-state index contributed by atoms with van der Waals surface area (Å²) < 4.78 is 37.7. The zero-order chi connectivity index (χ0) is 16.3. The molecule has 0 unspecified atom stereocenters. The number of H-pyrrole nitrogens is 1.